The van der Waals surface area contributed by atoms with E-state index in [1.54, 1.807) is 10.6 Å². The van der Waals surface area contributed by atoms with Crippen LogP contribution < -0.4 is 16.1 Å². The number of anilines is 1. The largest absolute Gasteiger partial charge is 0.354 e. The van der Waals surface area contributed by atoms with Crippen LogP contribution in [0, 0.1) is 5.92 Å². The number of hydrogen-bond donors (Lipinski definition) is 0. The summed E-state index contributed by atoms with van der Waals surface area (Å²) in [6.45, 7) is 10.2. The van der Waals surface area contributed by atoms with Crippen LogP contribution in [-0.2, 0) is 4.79 Å². The highest BCUT2D eigenvalue weighted by molar-refractivity contribution is 5.76. The van der Waals surface area contributed by atoms with Crippen molar-refractivity contribution in [2.45, 2.75) is 78.3 Å². The van der Waals surface area contributed by atoms with Crippen LogP contribution in [0.5, 0.6) is 0 Å². The Bertz CT molecular complexity index is 825. The first-order chi connectivity index (χ1) is 13.8. The van der Waals surface area contributed by atoms with Gasteiger partial charge in [0.2, 0.25) is 5.91 Å². The van der Waals surface area contributed by atoms with Crippen molar-refractivity contribution in [3.05, 3.63) is 26.9 Å². The summed E-state index contributed by atoms with van der Waals surface area (Å²) in [6, 6.07) is 1.36. The lowest BCUT2D eigenvalue weighted by Gasteiger charge is -2.38. The second kappa shape index (κ2) is 9.18. The maximum atomic E-state index is 13.0. The molecule has 29 heavy (non-hydrogen) atoms. The van der Waals surface area contributed by atoms with Gasteiger partial charge in [-0.3, -0.25) is 18.7 Å². The third kappa shape index (κ3) is 4.75. The number of aromatic nitrogens is 2. The summed E-state index contributed by atoms with van der Waals surface area (Å²) in [5, 5.41) is 0. The molecule has 162 valence electrons. The van der Waals surface area contributed by atoms with Gasteiger partial charge in [0.15, 0.2) is 0 Å². The fourth-order valence-electron chi connectivity index (χ4n) is 4.71. The van der Waals surface area contributed by atoms with Gasteiger partial charge in [-0.15, -0.1) is 0 Å². The van der Waals surface area contributed by atoms with E-state index in [0.717, 1.165) is 0 Å². The molecular formula is C22H36N4O3. The predicted molar refractivity (Wildman–Crippen MR) is 116 cm³/mol. The van der Waals surface area contributed by atoms with Gasteiger partial charge in [0, 0.05) is 50.7 Å². The SMILES string of the molecule is CC(C)n1c(N2CCN(C(=O)CC3CCCCC3)CC2)cc(=O)n(C(C)C)c1=O. The van der Waals surface area contributed by atoms with Crippen molar-refractivity contribution >= 4 is 11.7 Å². The van der Waals surface area contributed by atoms with Crippen LogP contribution in [0.15, 0.2) is 15.7 Å². The average molecular weight is 405 g/mol. The average Bonchev–Trinajstić information content (AvgIpc) is 2.67. The number of rotatable bonds is 5. The second-order valence-electron chi connectivity index (χ2n) is 9.13. The van der Waals surface area contributed by atoms with Crippen molar-refractivity contribution < 1.29 is 4.79 Å². The van der Waals surface area contributed by atoms with Crippen molar-refractivity contribution in [1.82, 2.24) is 14.0 Å². The fraction of sp³-hybridized carbons (Fsp3) is 0.773. The van der Waals surface area contributed by atoms with E-state index in [9.17, 15) is 14.4 Å². The number of carbonyl (C=O) groups is 1. The Balaban J connectivity index is 1.72. The standard InChI is InChI=1S/C22H36N4O3/c1-16(2)25-19(15-21(28)26(17(3)4)22(25)29)23-10-12-24(13-11-23)20(27)14-18-8-6-5-7-9-18/h15-18H,5-14H2,1-4H3. The minimum absolute atomic E-state index is 0.0472. The molecule has 1 amide bonds. The monoisotopic (exact) mass is 404 g/mol. The first-order valence-corrected chi connectivity index (χ1v) is 11.2. The van der Waals surface area contributed by atoms with Crippen LogP contribution in [0.4, 0.5) is 5.82 Å². The first kappa shape index (κ1) is 21.7. The fourth-order valence-corrected chi connectivity index (χ4v) is 4.71. The van der Waals surface area contributed by atoms with Gasteiger partial charge in [-0.1, -0.05) is 19.3 Å². The molecule has 0 spiro atoms. The number of hydrogen-bond acceptors (Lipinski definition) is 4. The van der Waals surface area contributed by atoms with Gasteiger partial charge >= 0.3 is 5.69 Å². The third-order valence-corrected chi connectivity index (χ3v) is 6.33. The number of carbonyl (C=O) groups excluding carboxylic acids is 1. The highest BCUT2D eigenvalue weighted by Crippen LogP contribution is 2.27. The van der Waals surface area contributed by atoms with Crippen molar-refractivity contribution in [2.75, 3.05) is 31.1 Å². The van der Waals surface area contributed by atoms with Crippen molar-refractivity contribution in [3.8, 4) is 0 Å². The molecule has 1 saturated heterocycles. The summed E-state index contributed by atoms with van der Waals surface area (Å²) in [6.07, 6.45) is 6.83. The maximum Gasteiger partial charge on any atom is 0.333 e. The molecule has 0 bridgehead atoms. The van der Waals surface area contributed by atoms with E-state index in [1.165, 1.54) is 36.7 Å². The number of piperazine rings is 1. The molecule has 7 nitrogen and oxygen atoms in total. The van der Waals surface area contributed by atoms with Crippen LogP contribution in [0.1, 0.15) is 78.3 Å². The molecule has 0 radical (unpaired) electrons. The van der Waals surface area contributed by atoms with Gasteiger partial charge in [0.1, 0.15) is 5.82 Å². The van der Waals surface area contributed by atoms with Crippen LogP contribution in [-0.4, -0.2) is 46.1 Å². The van der Waals surface area contributed by atoms with Gasteiger partial charge in [-0.05, 0) is 46.5 Å². The lowest BCUT2D eigenvalue weighted by Crippen LogP contribution is -2.52. The Morgan fingerprint density at radius 1 is 0.931 bits per heavy atom. The summed E-state index contributed by atoms with van der Waals surface area (Å²) >= 11 is 0. The minimum Gasteiger partial charge on any atom is -0.354 e. The van der Waals surface area contributed by atoms with E-state index < -0.39 is 0 Å². The van der Waals surface area contributed by atoms with Crippen molar-refractivity contribution in [1.29, 1.82) is 0 Å². The van der Waals surface area contributed by atoms with Gasteiger partial charge in [0.05, 0.1) is 0 Å². The lowest BCUT2D eigenvalue weighted by molar-refractivity contribution is -0.132. The van der Waals surface area contributed by atoms with E-state index in [-0.39, 0.29) is 29.2 Å². The van der Waals surface area contributed by atoms with E-state index in [1.807, 2.05) is 32.6 Å². The zero-order chi connectivity index (χ0) is 21.1. The molecule has 1 aromatic rings. The molecule has 0 atom stereocenters. The Kier molecular flexibility index (Phi) is 6.85. The molecule has 2 aliphatic rings. The van der Waals surface area contributed by atoms with Gasteiger partial charge < -0.3 is 9.80 Å². The molecule has 1 aliphatic carbocycles. The van der Waals surface area contributed by atoms with Crippen molar-refractivity contribution in [2.24, 2.45) is 5.92 Å². The molecule has 0 unspecified atom stereocenters. The smallest absolute Gasteiger partial charge is 0.333 e. The van der Waals surface area contributed by atoms with Gasteiger partial charge in [0.25, 0.3) is 5.56 Å². The molecule has 2 heterocycles. The van der Waals surface area contributed by atoms with Crippen LogP contribution in [0.3, 0.4) is 0 Å². The summed E-state index contributed by atoms with van der Waals surface area (Å²) < 4.78 is 3.02. The molecule has 1 aromatic heterocycles. The highest BCUT2D eigenvalue weighted by atomic mass is 16.2. The summed E-state index contributed by atoms with van der Waals surface area (Å²) in [7, 11) is 0. The zero-order valence-corrected chi connectivity index (χ0v) is 18.4. The molecule has 0 aromatic carbocycles. The molecule has 2 fully saturated rings. The molecule has 1 saturated carbocycles. The molecule has 7 heteroatoms. The van der Waals surface area contributed by atoms with Gasteiger partial charge in [-0.2, -0.15) is 0 Å². The summed E-state index contributed by atoms with van der Waals surface area (Å²) in [5.41, 5.74) is -0.513. The summed E-state index contributed by atoms with van der Waals surface area (Å²) in [4.78, 5) is 42.3. The first-order valence-electron chi connectivity index (χ1n) is 11.2. The minimum atomic E-state index is -0.257. The molecule has 3 rings (SSSR count). The quantitative estimate of drug-likeness (QED) is 0.757. The van der Waals surface area contributed by atoms with E-state index in [0.29, 0.717) is 44.3 Å². The van der Waals surface area contributed by atoms with E-state index in [2.05, 4.69) is 4.90 Å². The van der Waals surface area contributed by atoms with Crippen LogP contribution >= 0.6 is 0 Å². The zero-order valence-electron chi connectivity index (χ0n) is 18.4. The van der Waals surface area contributed by atoms with E-state index >= 15 is 0 Å². The number of amides is 1. The number of nitrogens with zero attached hydrogens (tertiary/aromatic N) is 4. The normalized spacial score (nSPS) is 18.7. The van der Waals surface area contributed by atoms with Crippen molar-refractivity contribution in [3.63, 3.8) is 0 Å². The molecule has 0 N–H and O–H groups in total. The molecular weight excluding hydrogens is 368 g/mol. The third-order valence-electron chi connectivity index (χ3n) is 6.33. The van der Waals surface area contributed by atoms with Crippen LogP contribution in [0.25, 0.3) is 0 Å². The second-order valence-corrected chi connectivity index (χ2v) is 9.13. The Morgan fingerprint density at radius 2 is 1.52 bits per heavy atom. The highest BCUT2D eigenvalue weighted by Gasteiger charge is 2.27. The Hall–Kier alpha value is -2.05. The van der Waals surface area contributed by atoms with Gasteiger partial charge in [-0.25, -0.2) is 4.79 Å². The van der Waals surface area contributed by atoms with E-state index in [4.69, 9.17) is 0 Å². The lowest BCUT2D eigenvalue weighted by atomic mass is 9.86. The Morgan fingerprint density at radius 3 is 2.07 bits per heavy atom. The Labute approximate surface area is 173 Å². The maximum absolute atomic E-state index is 13.0. The summed E-state index contributed by atoms with van der Waals surface area (Å²) in [5.74, 6) is 1.48. The molecule has 1 aliphatic heterocycles. The van der Waals surface area contributed by atoms with Crippen LogP contribution in [0.2, 0.25) is 0 Å². The predicted octanol–water partition coefficient (Wildman–Crippen LogP) is 2.79. The topological polar surface area (TPSA) is 67.5 Å².